The Morgan fingerprint density at radius 3 is 2.70 bits per heavy atom. The number of ether oxygens (including phenoxy) is 2. The lowest BCUT2D eigenvalue weighted by molar-refractivity contribution is 0.102. The first-order valence-corrected chi connectivity index (χ1v) is 6.88. The van der Waals surface area contributed by atoms with Crippen molar-refractivity contribution in [3.8, 4) is 11.5 Å². The molecule has 0 aliphatic rings. The van der Waals surface area contributed by atoms with Gasteiger partial charge in [-0.15, -0.1) is 6.58 Å². The number of carbonyl (C=O) groups is 1. The molecule has 0 saturated carbocycles. The van der Waals surface area contributed by atoms with Gasteiger partial charge in [0.05, 0.1) is 32.3 Å². The summed E-state index contributed by atoms with van der Waals surface area (Å²) in [6.07, 6.45) is 4.59. The highest BCUT2D eigenvalue weighted by Crippen LogP contribution is 2.29. The predicted octanol–water partition coefficient (Wildman–Crippen LogP) is 2.34. The van der Waals surface area contributed by atoms with E-state index in [2.05, 4.69) is 27.2 Å². The first-order valence-electron chi connectivity index (χ1n) is 6.88. The van der Waals surface area contributed by atoms with E-state index in [4.69, 9.17) is 9.47 Å². The van der Waals surface area contributed by atoms with Crippen LogP contribution in [0.15, 0.2) is 43.2 Å². The molecule has 0 fully saturated rings. The van der Waals surface area contributed by atoms with Crippen LogP contribution in [0, 0.1) is 0 Å². The third-order valence-electron chi connectivity index (χ3n) is 2.97. The number of carbonyl (C=O) groups excluding carboxylic acids is 1. The first kappa shape index (κ1) is 16.3. The van der Waals surface area contributed by atoms with Crippen molar-refractivity contribution in [2.24, 2.45) is 0 Å². The van der Waals surface area contributed by atoms with Crippen LogP contribution in [0.4, 0.5) is 11.5 Å². The highest BCUT2D eigenvalue weighted by Gasteiger charge is 2.12. The molecule has 23 heavy (non-hydrogen) atoms. The van der Waals surface area contributed by atoms with E-state index >= 15 is 0 Å². The molecule has 7 heteroatoms. The summed E-state index contributed by atoms with van der Waals surface area (Å²) in [6, 6.07) is 5.13. The molecule has 0 saturated heterocycles. The second kappa shape index (κ2) is 7.79. The molecule has 0 radical (unpaired) electrons. The van der Waals surface area contributed by atoms with Crippen molar-refractivity contribution in [3.63, 3.8) is 0 Å². The smallest absolute Gasteiger partial charge is 0.275 e. The molecule has 0 aliphatic heterocycles. The fourth-order valence-corrected chi connectivity index (χ4v) is 1.81. The minimum Gasteiger partial charge on any atom is -0.497 e. The van der Waals surface area contributed by atoms with Gasteiger partial charge in [-0.1, -0.05) is 6.08 Å². The number of nitrogens with zero attached hydrogens (tertiary/aromatic N) is 2. The predicted molar refractivity (Wildman–Crippen MR) is 88.2 cm³/mol. The number of methoxy groups -OCH3 is 2. The molecule has 0 bridgehead atoms. The Labute approximate surface area is 134 Å². The van der Waals surface area contributed by atoms with E-state index in [9.17, 15) is 4.79 Å². The maximum Gasteiger partial charge on any atom is 0.275 e. The van der Waals surface area contributed by atoms with Crippen LogP contribution >= 0.6 is 0 Å². The number of anilines is 2. The van der Waals surface area contributed by atoms with Crippen LogP contribution in [0.5, 0.6) is 11.5 Å². The van der Waals surface area contributed by atoms with Gasteiger partial charge >= 0.3 is 0 Å². The number of hydrogen-bond acceptors (Lipinski definition) is 6. The quantitative estimate of drug-likeness (QED) is 0.763. The standard InChI is InChI=1S/C16H18N4O3/c1-4-7-17-15-10-18-13(9-19-15)16(21)20-12-8-11(22-2)5-6-14(12)23-3/h4-6,8-10H,1,7H2,2-3H3,(H,17,19)(H,20,21). The van der Waals surface area contributed by atoms with E-state index in [0.29, 0.717) is 29.5 Å². The van der Waals surface area contributed by atoms with Gasteiger partial charge in [0.25, 0.3) is 5.91 Å². The van der Waals surface area contributed by atoms with Crippen LogP contribution in [-0.2, 0) is 0 Å². The molecule has 2 aromatic rings. The molecule has 0 unspecified atom stereocenters. The maximum absolute atomic E-state index is 12.3. The molecule has 0 atom stereocenters. The number of benzene rings is 1. The second-order valence-corrected chi connectivity index (χ2v) is 4.48. The Balaban J connectivity index is 2.13. The van der Waals surface area contributed by atoms with Gasteiger partial charge in [0.2, 0.25) is 0 Å². The molecule has 0 spiro atoms. The summed E-state index contributed by atoms with van der Waals surface area (Å²) in [5, 5.41) is 5.72. The molecular weight excluding hydrogens is 296 g/mol. The van der Waals surface area contributed by atoms with Crippen molar-refractivity contribution in [3.05, 3.63) is 48.9 Å². The Morgan fingerprint density at radius 1 is 1.26 bits per heavy atom. The van der Waals surface area contributed by atoms with E-state index in [1.165, 1.54) is 19.5 Å². The van der Waals surface area contributed by atoms with E-state index in [1.807, 2.05) is 0 Å². The largest absolute Gasteiger partial charge is 0.497 e. The summed E-state index contributed by atoms with van der Waals surface area (Å²) in [7, 11) is 3.07. The molecule has 1 amide bonds. The van der Waals surface area contributed by atoms with Crippen LogP contribution < -0.4 is 20.1 Å². The highest BCUT2D eigenvalue weighted by atomic mass is 16.5. The van der Waals surface area contributed by atoms with E-state index in [1.54, 1.807) is 31.4 Å². The topological polar surface area (TPSA) is 85.4 Å². The van der Waals surface area contributed by atoms with Crippen molar-refractivity contribution >= 4 is 17.4 Å². The van der Waals surface area contributed by atoms with Crippen LogP contribution in [-0.4, -0.2) is 36.6 Å². The molecule has 1 heterocycles. The summed E-state index contributed by atoms with van der Waals surface area (Å²) in [4.78, 5) is 20.5. The maximum atomic E-state index is 12.3. The summed E-state index contributed by atoms with van der Waals surface area (Å²) in [5.74, 6) is 1.31. The Hall–Kier alpha value is -3.09. The lowest BCUT2D eigenvalue weighted by Gasteiger charge is -2.11. The first-order chi connectivity index (χ1) is 11.2. The van der Waals surface area contributed by atoms with Crippen LogP contribution in [0.2, 0.25) is 0 Å². The van der Waals surface area contributed by atoms with Crippen LogP contribution in [0.3, 0.4) is 0 Å². The number of nitrogens with one attached hydrogen (secondary N) is 2. The van der Waals surface area contributed by atoms with Gasteiger partial charge in [-0.05, 0) is 12.1 Å². The lowest BCUT2D eigenvalue weighted by atomic mass is 10.2. The Kier molecular flexibility index (Phi) is 5.51. The summed E-state index contributed by atoms with van der Waals surface area (Å²) >= 11 is 0. The Morgan fingerprint density at radius 2 is 2.09 bits per heavy atom. The number of aromatic nitrogens is 2. The fourth-order valence-electron chi connectivity index (χ4n) is 1.81. The fraction of sp³-hybridized carbons (Fsp3) is 0.188. The molecule has 0 aliphatic carbocycles. The molecule has 1 aromatic carbocycles. The lowest BCUT2D eigenvalue weighted by Crippen LogP contribution is -2.15. The normalized spacial score (nSPS) is 9.83. The monoisotopic (exact) mass is 314 g/mol. The third-order valence-corrected chi connectivity index (χ3v) is 2.97. The van der Waals surface area contributed by atoms with Crippen molar-refractivity contribution in [1.82, 2.24) is 9.97 Å². The molecule has 2 rings (SSSR count). The molecular formula is C16H18N4O3. The van der Waals surface area contributed by atoms with Crippen molar-refractivity contribution < 1.29 is 14.3 Å². The minimum absolute atomic E-state index is 0.194. The number of amides is 1. The minimum atomic E-state index is -0.390. The van der Waals surface area contributed by atoms with Gasteiger partial charge < -0.3 is 20.1 Å². The summed E-state index contributed by atoms with van der Waals surface area (Å²) in [6.45, 7) is 4.17. The average Bonchev–Trinajstić information content (AvgIpc) is 2.60. The van der Waals surface area contributed by atoms with E-state index in [-0.39, 0.29) is 11.6 Å². The second-order valence-electron chi connectivity index (χ2n) is 4.48. The molecule has 2 N–H and O–H groups in total. The van der Waals surface area contributed by atoms with Crippen LogP contribution in [0.25, 0.3) is 0 Å². The summed E-state index contributed by atoms with van der Waals surface area (Å²) < 4.78 is 10.4. The van der Waals surface area contributed by atoms with Gasteiger partial charge in [0.1, 0.15) is 23.0 Å². The van der Waals surface area contributed by atoms with Gasteiger partial charge in [-0.25, -0.2) is 9.97 Å². The van der Waals surface area contributed by atoms with Crippen molar-refractivity contribution in [2.75, 3.05) is 31.4 Å². The van der Waals surface area contributed by atoms with Gasteiger partial charge in [-0.3, -0.25) is 4.79 Å². The number of hydrogen-bond donors (Lipinski definition) is 2. The van der Waals surface area contributed by atoms with Crippen molar-refractivity contribution in [1.29, 1.82) is 0 Å². The summed E-state index contributed by atoms with van der Waals surface area (Å²) in [5.41, 5.74) is 0.687. The van der Waals surface area contributed by atoms with Crippen LogP contribution in [0.1, 0.15) is 10.5 Å². The Bertz CT molecular complexity index is 686. The zero-order chi connectivity index (χ0) is 16.7. The van der Waals surface area contributed by atoms with Crippen molar-refractivity contribution in [2.45, 2.75) is 0 Å². The molecule has 7 nitrogen and oxygen atoms in total. The van der Waals surface area contributed by atoms with E-state index < -0.39 is 0 Å². The van der Waals surface area contributed by atoms with Gasteiger partial charge in [0, 0.05) is 12.6 Å². The van der Waals surface area contributed by atoms with E-state index in [0.717, 1.165) is 0 Å². The molecule has 120 valence electrons. The molecule has 1 aromatic heterocycles. The third kappa shape index (κ3) is 4.19. The number of rotatable bonds is 7. The SMILES string of the molecule is C=CCNc1cnc(C(=O)Nc2cc(OC)ccc2OC)cn1. The highest BCUT2D eigenvalue weighted by molar-refractivity contribution is 6.03. The van der Waals surface area contributed by atoms with Gasteiger partial charge in [0.15, 0.2) is 0 Å². The van der Waals surface area contributed by atoms with Gasteiger partial charge in [-0.2, -0.15) is 0 Å². The zero-order valence-electron chi connectivity index (χ0n) is 13.0. The zero-order valence-corrected chi connectivity index (χ0v) is 13.0. The average molecular weight is 314 g/mol.